The van der Waals surface area contributed by atoms with E-state index in [-0.39, 0.29) is 33.7 Å². The summed E-state index contributed by atoms with van der Waals surface area (Å²) in [6.45, 7) is 0.202. The van der Waals surface area contributed by atoms with Gasteiger partial charge in [0.1, 0.15) is 17.9 Å². The number of urea groups is 1. The maximum absolute atomic E-state index is 13.1. The first kappa shape index (κ1) is 22.9. The topological polar surface area (TPSA) is 75.7 Å². The molecule has 0 atom stereocenters. The summed E-state index contributed by atoms with van der Waals surface area (Å²) in [6.07, 6.45) is 1.30. The highest BCUT2D eigenvalue weighted by atomic mass is 35.5. The molecule has 0 unspecified atom stereocenters. The molecule has 0 saturated carbocycles. The Hall–Kier alpha value is -3.32. The molecule has 0 radical (unpaired) electrons. The van der Waals surface area contributed by atoms with Gasteiger partial charge in [-0.25, -0.2) is 9.69 Å². The second-order valence-corrected chi connectivity index (χ2v) is 8.29. The van der Waals surface area contributed by atoms with Gasteiger partial charge in [-0.3, -0.25) is 14.9 Å². The molecule has 9 heteroatoms. The van der Waals surface area contributed by atoms with Crippen molar-refractivity contribution in [2.75, 3.05) is 4.90 Å². The number of halogens is 3. The summed E-state index contributed by atoms with van der Waals surface area (Å²) in [7, 11) is 0. The van der Waals surface area contributed by atoms with Crippen molar-refractivity contribution < 1.29 is 19.1 Å². The number of ether oxygens (including phenoxy) is 1. The van der Waals surface area contributed by atoms with Crippen LogP contribution >= 0.6 is 34.8 Å². The van der Waals surface area contributed by atoms with Gasteiger partial charge in [-0.2, -0.15) is 0 Å². The summed E-state index contributed by atoms with van der Waals surface area (Å²) in [5, 5.41) is 3.10. The Kier molecular flexibility index (Phi) is 6.70. The number of barbiturate groups is 1. The average molecular weight is 502 g/mol. The average Bonchev–Trinajstić information content (AvgIpc) is 2.78. The minimum atomic E-state index is -0.867. The fourth-order valence-electron chi connectivity index (χ4n) is 3.21. The van der Waals surface area contributed by atoms with Crippen molar-refractivity contribution in [3.8, 4) is 5.75 Å². The first-order valence-electron chi connectivity index (χ1n) is 9.66. The van der Waals surface area contributed by atoms with E-state index in [0.717, 1.165) is 10.5 Å². The molecule has 4 rings (SSSR count). The fraction of sp³-hybridized carbons (Fsp3) is 0.0417. The Labute approximate surface area is 204 Å². The van der Waals surface area contributed by atoms with Crippen LogP contribution in [0, 0.1) is 0 Å². The van der Waals surface area contributed by atoms with Crippen LogP contribution in [0.25, 0.3) is 6.08 Å². The van der Waals surface area contributed by atoms with E-state index in [2.05, 4.69) is 5.32 Å². The molecule has 1 fully saturated rings. The Morgan fingerprint density at radius 2 is 1.58 bits per heavy atom. The molecule has 0 spiro atoms. The second kappa shape index (κ2) is 9.67. The molecule has 1 aliphatic heterocycles. The number of benzene rings is 3. The van der Waals surface area contributed by atoms with Crippen LogP contribution in [0.4, 0.5) is 10.5 Å². The van der Waals surface area contributed by atoms with Crippen LogP contribution in [-0.2, 0) is 16.2 Å². The molecule has 6 nitrogen and oxygen atoms in total. The molecule has 1 aliphatic rings. The van der Waals surface area contributed by atoms with Gasteiger partial charge >= 0.3 is 6.03 Å². The number of nitrogens with one attached hydrogen (secondary N) is 1. The summed E-state index contributed by atoms with van der Waals surface area (Å²) < 4.78 is 5.89. The van der Waals surface area contributed by atoms with E-state index in [1.54, 1.807) is 0 Å². The number of anilines is 1. The van der Waals surface area contributed by atoms with E-state index < -0.39 is 17.8 Å². The smallest absolute Gasteiger partial charge is 0.335 e. The summed E-state index contributed by atoms with van der Waals surface area (Å²) in [6, 6.07) is 17.6. The number of carbonyl (C=O) groups is 3. The van der Waals surface area contributed by atoms with E-state index >= 15 is 0 Å². The number of carbonyl (C=O) groups excluding carboxylic acids is 3. The van der Waals surface area contributed by atoms with Crippen LogP contribution < -0.4 is 15.0 Å². The Balaban J connectivity index is 1.72. The lowest BCUT2D eigenvalue weighted by atomic mass is 10.1. The lowest BCUT2D eigenvalue weighted by Crippen LogP contribution is -2.54. The van der Waals surface area contributed by atoms with Gasteiger partial charge in [-0.1, -0.05) is 65.1 Å². The molecular weight excluding hydrogens is 487 g/mol. The van der Waals surface area contributed by atoms with Crippen molar-refractivity contribution in [2.45, 2.75) is 6.61 Å². The van der Waals surface area contributed by atoms with E-state index in [1.165, 1.54) is 42.5 Å². The van der Waals surface area contributed by atoms with Crippen molar-refractivity contribution in [1.82, 2.24) is 5.32 Å². The minimum absolute atomic E-state index is 0.202. The molecule has 4 amide bonds. The zero-order valence-electron chi connectivity index (χ0n) is 16.8. The molecule has 1 saturated heterocycles. The predicted molar refractivity (Wildman–Crippen MR) is 128 cm³/mol. The summed E-state index contributed by atoms with van der Waals surface area (Å²) in [4.78, 5) is 38.9. The minimum Gasteiger partial charge on any atom is -0.487 e. The number of rotatable bonds is 5. The Morgan fingerprint density at radius 1 is 0.879 bits per heavy atom. The van der Waals surface area contributed by atoms with Crippen LogP contribution in [0.5, 0.6) is 5.75 Å². The summed E-state index contributed by atoms with van der Waals surface area (Å²) in [5.74, 6) is -1.41. The van der Waals surface area contributed by atoms with Crippen molar-refractivity contribution in [3.63, 3.8) is 0 Å². The highest BCUT2D eigenvalue weighted by Gasteiger charge is 2.37. The molecule has 0 aliphatic carbocycles. The van der Waals surface area contributed by atoms with Crippen LogP contribution in [0.15, 0.2) is 72.3 Å². The van der Waals surface area contributed by atoms with Crippen LogP contribution in [0.1, 0.15) is 11.1 Å². The molecular formula is C24H15Cl3N2O4. The van der Waals surface area contributed by atoms with E-state index in [9.17, 15) is 14.4 Å². The van der Waals surface area contributed by atoms with Crippen LogP contribution in [-0.4, -0.2) is 17.8 Å². The van der Waals surface area contributed by atoms with Gasteiger partial charge in [-0.05, 0) is 48.0 Å². The van der Waals surface area contributed by atoms with Crippen molar-refractivity contribution in [2.24, 2.45) is 0 Å². The van der Waals surface area contributed by atoms with Gasteiger partial charge in [0.2, 0.25) is 0 Å². The molecule has 3 aromatic rings. The third kappa shape index (κ3) is 5.03. The van der Waals surface area contributed by atoms with Gasteiger partial charge < -0.3 is 4.74 Å². The molecule has 1 N–H and O–H groups in total. The zero-order valence-corrected chi connectivity index (χ0v) is 19.1. The highest BCUT2D eigenvalue weighted by molar-refractivity contribution is 6.40. The second-order valence-electron chi connectivity index (χ2n) is 7.01. The van der Waals surface area contributed by atoms with Gasteiger partial charge in [0, 0.05) is 15.6 Å². The monoisotopic (exact) mass is 500 g/mol. The maximum Gasteiger partial charge on any atom is 0.335 e. The van der Waals surface area contributed by atoms with Crippen molar-refractivity contribution in [3.05, 3.63) is 98.5 Å². The third-order valence-electron chi connectivity index (χ3n) is 4.75. The SMILES string of the molecule is O=C1NC(=O)N(c2ccc(Cl)cc2)C(=O)/C1=C/c1cc(Cl)cc(Cl)c1OCc1ccccc1. The van der Waals surface area contributed by atoms with E-state index in [4.69, 9.17) is 39.5 Å². The van der Waals surface area contributed by atoms with Gasteiger partial charge in [0.15, 0.2) is 0 Å². The first-order chi connectivity index (χ1) is 15.8. The quantitative estimate of drug-likeness (QED) is 0.349. The molecule has 3 aromatic carbocycles. The van der Waals surface area contributed by atoms with E-state index in [1.807, 2.05) is 30.3 Å². The lowest BCUT2D eigenvalue weighted by Gasteiger charge is -2.26. The van der Waals surface area contributed by atoms with Gasteiger partial charge in [0.25, 0.3) is 11.8 Å². The molecule has 1 heterocycles. The highest BCUT2D eigenvalue weighted by Crippen LogP contribution is 2.35. The molecule has 0 bridgehead atoms. The van der Waals surface area contributed by atoms with Crippen molar-refractivity contribution in [1.29, 1.82) is 0 Å². The molecule has 33 heavy (non-hydrogen) atoms. The van der Waals surface area contributed by atoms with Crippen LogP contribution in [0.3, 0.4) is 0 Å². The third-order valence-corrected chi connectivity index (χ3v) is 5.50. The first-order valence-corrected chi connectivity index (χ1v) is 10.8. The van der Waals surface area contributed by atoms with Gasteiger partial charge in [0.05, 0.1) is 10.7 Å². The summed E-state index contributed by atoms with van der Waals surface area (Å²) in [5.41, 5.74) is 1.18. The van der Waals surface area contributed by atoms with Gasteiger partial charge in [-0.15, -0.1) is 0 Å². The number of amides is 4. The standard InChI is InChI=1S/C24H15Cl3N2O4/c25-16-6-8-18(9-7-16)29-23(31)19(22(30)28-24(29)32)11-15-10-17(26)12-20(27)21(15)33-13-14-4-2-1-3-5-14/h1-12H,13H2,(H,28,30,32)/b19-11+. The maximum atomic E-state index is 13.1. The van der Waals surface area contributed by atoms with E-state index in [0.29, 0.717) is 10.6 Å². The number of hydrogen-bond donors (Lipinski definition) is 1. The van der Waals surface area contributed by atoms with Crippen LogP contribution in [0.2, 0.25) is 15.1 Å². The Morgan fingerprint density at radius 3 is 2.27 bits per heavy atom. The van der Waals surface area contributed by atoms with Crippen molar-refractivity contribution >= 4 is 64.4 Å². The largest absolute Gasteiger partial charge is 0.487 e. The number of nitrogens with zero attached hydrogens (tertiary/aromatic N) is 1. The summed E-state index contributed by atoms with van der Waals surface area (Å²) >= 11 is 18.4. The molecule has 166 valence electrons. The predicted octanol–water partition coefficient (Wildman–Crippen LogP) is 5.89. The zero-order chi connectivity index (χ0) is 23.5. The normalized spacial score (nSPS) is 15.1. The molecule has 0 aromatic heterocycles. The fourth-order valence-corrected chi connectivity index (χ4v) is 3.90. The Bertz CT molecular complexity index is 1270. The number of hydrogen-bond acceptors (Lipinski definition) is 4. The number of imide groups is 2. The lowest BCUT2D eigenvalue weighted by molar-refractivity contribution is -0.122.